The molecule has 20 heavy (non-hydrogen) atoms. The Hall–Kier alpha value is -2.05. The average molecular weight is 279 g/mol. The minimum atomic E-state index is -0.603. The van der Waals surface area contributed by atoms with Gasteiger partial charge in [0.1, 0.15) is 11.4 Å². The maximum absolute atomic E-state index is 11.9. The third-order valence-corrected chi connectivity index (χ3v) is 4.01. The molecule has 7 heteroatoms. The number of carbonyl (C=O) groups is 2. The molecule has 2 fully saturated rings. The molecule has 2 saturated heterocycles. The molecule has 0 atom stereocenters. The first-order valence-electron chi connectivity index (χ1n) is 6.67. The highest BCUT2D eigenvalue weighted by Gasteiger charge is 2.51. The molecule has 1 spiro atoms. The van der Waals surface area contributed by atoms with Gasteiger partial charge in [0.25, 0.3) is 0 Å². The van der Waals surface area contributed by atoms with Gasteiger partial charge in [-0.3, -0.25) is 10.7 Å². The summed E-state index contributed by atoms with van der Waals surface area (Å²) in [4.78, 5) is 28.8. The topological polar surface area (TPSA) is 79.7 Å². The van der Waals surface area contributed by atoms with Crippen LogP contribution in [0.4, 0.5) is 9.59 Å². The number of nitrogens with one attached hydrogen (secondary N) is 2. The van der Waals surface area contributed by atoms with Crippen molar-refractivity contribution >= 4 is 17.9 Å². The van der Waals surface area contributed by atoms with E-state index >= 15 is 0 Å². The van der Waals surface area contributed by atoms with Crippen molar-refractivity contribution in [1.82, 2.24) is 20.0 Å². The highest BCUT2D eigenvalue weighted by Crippen LogP contribution is 2.33. The van der Waals surface area contributed by atoms with E-state index in [0.717, 1.165) is 0 Å². The molecule has 2 aliphatic heterocycles. The van der Waals surface area contributed by atoms with Crippen LogP contribution in [0.1, 0.15) is 12.8 Å². The monoisotopic (exact) mass is 279 g/mol. The zero-order valence-electron chi connectivity index (χ0n) is 12.0. The Kier molecular flexibility index (Phi) is 3.69. The van der Waals surface area contributed by atoms with E-state index in [2.05, 4.69) is 11.9 Å². The molecule has 2 heterocycles. The van der Waals surface area contributed by atoms with Crippen molar-refractivity contribution in [2.24, 2.45) is 0 Å². The summed E-state index contributed by atoms with van der Waals surface area (Å²) in [6.07, 6.45) is 2.83. The number of urea groups is 2. The number of rotatable bonds is 2. The number of likely N-dealkylation sites (tertiary alicyclic amines) is 1. The van der Waals surface area contributed by atoms with Crippen molar-refractivity contribution in [3.63, 3.8) is 0 Å². The van der Waals surface area contributed by atoms with Gasteiger partial charge in [0.15, 0.2) is 0 Å². The second-order valence-electron chi connectivity index (χ2n) is 5.40. The summed E-state index contributed by atoms with van der Waals surface area (Å²) in [7, 11) is 3.44. The Morgan fingerprint density at radius 2 is 2.10 bits per heavy atom. The van der Waals surface area contributed by atoms with Gasteiger partial charge >= 0.3 is 12.1 Å². The molecule has 0 aromatic carbocycles. The van der Waals surface area contributed by atoms with Crippen LogP contribution in [0.2, 0.25) is 0 Å². The molecule has 0 aliphatic carbocycles. The van der Waals surface area contributed by atoms with E-state index in [1.54, 1.807) is 34.9 Å². The third-order valence-electron chi connectivity index (χ3n) is 4.01. The molecule has 110 valence electrons. The van der Waals surface area contributed by atoms with Crippen molar-refractivity contribution in [3.05, 3.63) is 12.7 Å². The van der Waals surface area contributed by atoms with E-state index in [1.165, 1.54) is 0 Å². The number of nitrogens with zero attached hydrogens (tertiary/aromatic N) is 3. The standard InChI is InChI=1S/C13H21N5O2/c1-4-7-18-11(19)15-10(14)13(18)5-8-17(9-6-13)12(20)16(2)3/h4H,1,5-9H2,2-3H3,(H2,14,15,19). The van der Waals surface area contributed by atoms with E-state index in [0.29, 0.717) is 32.5 Å². The first-order chi connectivity index (χ1) is 9.42. The average Bonchev–Trinajstić information content (AvgIpc) is 2.64. The minimum Gasteiger partial charge on any atom is -0.331 e. The fourth-order valence-electron chi connectivity index (χ4n) is 2.88. The highest BCUT2D eigenvalue weighted by molar-refractivity contribution is 6.08. The summed E-state index contributed by atoms with van der Waals surface area (Å²) in [6, 6.07) is -0.277. The van der Waals surface area contributed by atoms with E-state index in [1.807, 2.05) is 0 Å². The summed E-state index contributed by atoms with van der Waals surface area (Å²) < 4.78 is 0. The van der Waals surface area contributed by atoms with Gasteiger partial charge in [0.05, 0.1) is 0 Å². The second kappa shape index (κ2) is 5.15. The molecule has 0 radical (unpaired) electrons. The first-order valence-corrected chi connectivity index (χ1v) is 6.67. The van der Waals surface area contributed by atoms with Gasteiger partial charge in [-0.1, -0.05) is 6.08 Å². The first kappa shape index (κ1) is 14.4. The lowest BCUT2D eigenvalue weighted by atomic mass is 9.85. The molecular weight excluding hydrogens is 258 g/mol. The smallest absolute Gasteiger partial charge is 0.323 e. The summed E-state index contributed by atoms with van der Waals surface area (Å²) in [6.45, 7) is 5.16. The number of amidine groups is 1. The molecule has 2 N–H and O–H groups in total. The lowest BCUT2D eigenvalue weighted by Crippen LogP contribution is -2.58. The van der Waals surface area contributed by atoms with Gasteiger partial charge in [0.2, 0.25) is 0 Å². The molecule has 0 bridgehead atoms. The van der Waals surface area contributed by atoms with Crippen LogP contribution < -0.4 is 5.32 Å². The molecule has 4 amide bonds. The molecule has 0 saturated carbocycles. The normalized spacial score (nSPS) is 21.1. The summed E-state index contributed by atoms with van der Waals surface area (Å²) in [5.74, 6) is 0.237. The van der Waals surface area contributed by atoms with Crippen LogP contribution in [0, 0.1) is 5.41 Å². The Balaban J connectivity index is 2.14. The Labute approximate surface area is 118 Å². The van der Waals surface area contributed by atoms with Gasteiger partial charge in [0, 0.05) is 33.7 Å². The maximum Gasteiger partial charge on any atom is 0.323 e. The highest BCUT2D eigenvalue weighted by atomic mass is 16.2. The third kappa shape index (κ3) is 2.13. The molecule has 7 nitrogen and oxygen atoms in total. The van der Waals surface area contributed by atoms with E-state index < -0.39 is 5.54 Å². The quantitative estimate of drug-likeness (QED) is 0.729. The molecular formula is C13H21N5O2. The molecule has 0 aromatic rings. The molecule has 2 rings (SSSR count). The van der Waals surface area contributed by atoms with E-state index in [9.17, 15) is 9.59 Å². The van der Waals surface area contributed by atoms with Crippen LogP contribution in [0.15, 0.2) is 12.7 Å². The van der Waals surface area contributed by atoms with Gasteiger partial charge < -0.3 is 14.7 Å². The van der Waals surface area contributed by atoms with Crippen LogP contribution >= 0.6 is 0 Å². The fraction of sp³-hybridized carbons (Fsp3) is 0.615. The maximum atomic E-state index is 11.9. The van der Waals surface area contributed by atoms with E-state index in [4.69, 9.17) is 5.41 Å². The number of amides is 4. The number of piperidine rings is 1. The Morgan fingerprint density at radius 3 is 2.60 bits per heavy atom. The van der Waals surface area contributed by atoms with Gasteiger partial charge in [-0.2, -0.15) is 0 Å². The predicted molar refractivity (Wildman–Crippen MR) is 75.8 cm³/mol. The number of carbonyl (C=O) groups excluding carboxylic acids is 2. The zero-order chi connectivity index (χ0) is 14.9. The fourth-order valence-corrected chi connectivity index (χ4v) is 2.88. The summed E-state index contributed by atoms with van der Waals surface area (Å²) >= 11 is 0. The van der Waals surface area contributed by atoms with Gasteiger partial charge in [-0.25, -0.2) is 9.59 Å². The minimum absolute atomic E-state index is 0.0288. The molecule has 0 unspecified atom stereocenters. The predicted octanol–water partition coefficient (Wildman–Crippen LogP) is 0.691. The zero-order valence-corrected chi connectivity index (χ0v) is 12.0. The van der Waals surface area contributed by atoms with Gasteiger partial charge in [-0.15, -0.1) is 6.58 Å². The Morgan fingerprint density at radius 1 is 1.50 bits per heavy atom. The van der Waals surface area contributed by atoms with Crippen LogP contribution in [0.5, 0.6) is 0 Å². The van der Waals surface area contributed by atoms with E-state index in [-0.39, 0.29) is 17.9 Å². The van der Waals surface area contributed by atoms with Crippen LogP contribution in [-0.4, -0.2) is 71.9 Å². The summed E-state index contributed by atoms with van der Waals surface area (Å²) in [5, 5.41) is 10.7. The largest absolute Gasteiger partial charge is 0.331 e. The molecule has 0 aromatic heterocycles. The van der Waals surface area contributed by atoms with Crippen molar-refractivity contribution in [2.75, 3.05) is 33.7 Å². The van der Waals surface area contributed by atoms with Crippen molar-refractivity contribution in [2.45, 2.75) is 18.4 Å². The van der Waals surface area contributed by atoms with Crippen LogP contribution in [0.25, 0.3) is 0 Å². The van der Waals surface area contributed by atoms with Gasteiger partial charge in [-0.05, 0) is 12.8 Å². The van der Waals surface area contributed by atoms with Crippen molar-refractivity contribution in [3.8, 4) is 0 Å². The lowest BCUT2D eigenvalue weighted by Gasteiger charge is -2.43. The number of hydrogen-bond acceptors (Lipinski definition) is 3. The van der Waals surface area contributed by atoms with Crippen LogP contribution in [-0.2, 0) is 0 Å². The van der Waals surface area contributed by atoms with Crippen LogP contribution in [0.3, 0.4) is 0 Å². The SMILES string of the molecule is C=CCN1C(=O)NC(=N)C12CCN(C(=O)N(C)C)CC2. The van der Waals surface area contributed by atoms with Crippen molar-refractivity contribution in [1.29, 1.82) is 5.41 Å². The number of hydrogen-bond donors (Lipinski definition) is 2. The van der Waals surface area contributed by atoms with Crippen molar-refractivity contribution < 1.29 is 9.59 Å². The second-order valence-corrected chi connectivity index (χ2v) is 5.40. The lowest BCUT2D eigenvalue weighted by molar-refractivity contribution is 0.109. The Bertz CT molecular complexity index is 452. The summed E-state index contributed by atoms with van der Waals surface area (Å²) in [5.41, 5.74) is -0.603. The molecule has 2 aliphatic rings.